The first-order chi connectivity index (χ1) is 12.3. The summed E-state index contributed by atoms with van der Waals surface area (Å²) in [6.07, 6.45) is -3.87. The average Bonchev–Trinajstić information content (AvgIpc) is 2.52. The SMILES string of the molecule is C[S+]([O-])c1ccc(Cl)cc1NS(=O)(=O)c1ccc([N+](=O)[O-])c(C(F)(F)F)c1. The largest absolute Gasteiger partial charge is 0.612 e. The third-order valence-electron chi connectivity index (χ3n) is 3.28. The normalized spacial score (nSPS) is 13.3. The summed E-state index contributed by atoms with van der Waals surface area (Å²) in [5.74, 6) is 0. The number of nitrogens with one attached hydrogen (secondary N) is 1. The molecule has 1 atom stereocenters. The molecule has 0 radical (unpaired) electrons. The van der Waals surface area contributed by atoms with Crippen LogP contribution in [0.3, 0.4) is 0 Å². The topological polar surface area (TPSA) is 112 Å². The van der Waals surface area contributed by atoms with E-state index in [1.165, 1.54) is 18.4 Å². The van der Waals surface area contributed by atoms with Crippen LogP contribution in [-0.4, -0.2) is 24.1 Å². The fourth-order valence-electron chi connectivity index (χ4n) is 2.10. The molecule has 0 aromatic heterocycles. The lowest BCUT2D eigenvalue weighted by Gasteiger charge is -2.14. The highest BCUT2D eigenvalue weighted by Gasteiger charge is 2.39. The van der Waals surface area contributed by atoms with E-state index in [0.29, 0.717) is 12.1 Å². The molecule has 13 heteroatoms. The Morgan fingerprint density at radius 2 is 1.81 bits per heavy atom. The molecule has 27 heavy (non-hydrogen) atoms. The Balaban J connectivity index is 2.56. The first-order valence-electron chi connectivity index (χ1n) is 6.84. The maximum atomic E-state index is 13.0. The Kier molecular flexibility index (Phi) is 5.94. The van der Waals surface area contributed by atoms with E-state index in [-0.39, 0.29) is 21.7 Å². The molecule has 2 rings (SSSR count). The predicted octanol–water partition coefficient (Wildman–Crippen LogP) is 3.81. The first-order valence-corrected chi connectivity index (χ1v) is 10.3. The zero-order valence-corrected chi connectivity index (χ0v) is 15.7. The van der Waals surface area contributed by atoms with Gasteiger partial charge in [-0.3, -0.25) is 14.8 Å². The minimum atomic E-state index is -5.14. The molecule has 7 nitrogen and oxygen atoms in total. The molecule has 2 aromatic rings. The summed E-state index contributed by atoms with van der Waals surface area (Å²) in [4.78, 5) is 8.71. The Morgan fingerprint density at radius 3 is 2.33 bits per heavy atom. The van der Waals surface area contributed by atoms with E-state index in [0.717, 1.165) is 6.07 Å². The van der Waals surface area contributed by atoms with E-state index >= 15 is 0 Å². The highest BCUT2D eigenvalue weighted by atomic mass is 35.5. The molecular formula is C14H10ClF3N2O5S2. The van der Waals surface area contributed by atoms with Gasteiger partial charge in [0.25, 0.3) is 15.7 Å². The Morgan fingerprint density at radius 1 is 1.19 bits per heavy atom. The molecule has 0 aliphatic heterocycles. The molecule has 0 fully saturated rings. The van der Waals surface area contributed by atoms with Crippen molar-refractivity contribution in [2.24, 2.45) is 0 Å². The monoisotopic (exact) mass is 442 g/mol. The quantitative estimate of drug-likeness (QED) is 0.430. The molecular weight excluding hydrogens is 433 g/mol. The number of anilines is 1. The molecule has 146 valence electrons. The van der Waals surface area contributed by atoms with Gasteiger partial charge in [-0.05, 0) is 41.5 Å². The van der Waals surface area contributed by atoms with Crippen molar-refractivity contribution in [1.82, 2.24) is 0 Å². The van der Waals surface area contributed by atoms with Crippen molar-refractivity contribution in [2.45, 2.75) is 16.0 Å². The number of alkyl halides is 3. The summed E-state index contributed by atoms with van der Waals surface area (Å²) in [6, 6.07) is 5.09. The summed E-state index contributed by atoms with van der Waals surface area (Å²) < 4.78 is 77.8. The van der Waals surface area contributed by atoms with Crippen LogP contribution in [0.4, 0.5) is 24.5 Å². The molecule has 2 aromatic carbocycles. The van der Waals surface area contributed by atoms with Crippen LogP contribution in [0.2, 0.25) is 5.02 Å². The summed E-state index contributed by atoms with van der Waals surface area (Å²) >= 11 is 4.16. The van der Waals surface area contributed by atoms with Crippen molar-refractivity contribution >= 4 is 44.2 Å². The van der Waals surface area contributed by atoms with Gasteiger partial charge in [-0.2, -0.15) is 13.2 Å². The molecule has 1 N–H and O–H groups in total. The van der Waals surface area contributed by atoms with Crippen LogP contribution >= 0.6 is 11.6 Å². The van der Waals surface area contributed by atoms with E-state index in [9.17, 15) is 36.3 Å². The molecule has 0 bridgehead atoms. The molecule has 0 saturated carbocycles. The smallest absolute Gasteiger partial charge is 0.423 e. The van der Waals surface area contributed by atoms with Crippen LogP contribution in [0.25, 0.3) is 0 Å². The highest BCUT2D eigenvalue weighted by Crippen LogP contribution is 2.38. The number of benzene rings is 2. The van der Waals surface area contributed by atoms with Gasteiger partial charge < -0.3 is 4.55 Å². The van der Waals surface area contributed by atoms with E-state index < -0.39 is 48.4 Å². The number of hydrogen-bond donors (Lipinski definition) is 1. The molecule has 0 saturated heterocycles. The lowest BCUT2D eigenvalue weighted by molar-refractivity contribution is -0.388. The number of nitro benzene ring substituents is 1. The summed E-state index contributed by atoms with van der Waals surface area (Å²) in [6.45, 7) is 0. The van der Waals surface area contributed by atoms with Crippen molar-refractivity contribution in [1.29, 1.82) is 0 Å². The number of nitrogens with zero attached hydrogens (tertiary/aromatic N) is 1. The number of nitro groups is 1. The Labute approximate surface area is 159 Å². The molecule has 0 aliphatic rings. The van der Waals surface area contributed by atoms with Crippen LogP contribution in [0, 0.1) is 10.1 Å². The van der Waals surface area contributed by atoms with Crippen molar-refractivity contribution in [3.05, 3.63) is 57.1 Å². The second kappa shape index (κ2) is 7.54. The van der Waals surface area contributed by atoms with Crippen LogP contribution in [0.1, 0.15) is 5.56 Å². The Hall–Kier alpha value is -2.02. The molecule has 1 unspecified atom stereocenters. The lowest BCUT2D eigenvalue weighted by atomic mass is 10.2. The molecule has 0 heterocycles. The minimum absolute atomic E-state index is 0.0564. The van der Waals surface area contributed by atoms with Crippen molar-refractivity contribution < 1.29 is 31.1 Å². The van der Waals surface area contributed by atoms with Gasteiger partial charge in [-0.15, -0.1) is 0 Å². The molecule has 0 amide bonds. The predicted molar refractivity (Wildman–Crippen MR) is 92.7 cm³/mol. The molecule has 0 aliphatic carbocycles. The van der Waals surface area contributed by atoms with Gasteiger partial charge in [0.15, 0.2) is 4.90 Å². The van der Waals surface area contributed by atoms with E-state index in [4.69, 9.17) is 11.6 Å². The maximum Gasteiger partial charge on any atom is 0.423 e. The fraction of sp³-hybridized carbons (Fsp3) is 0.143. The first kappa shape index (κ1) is 21.3. The third-order valence-corrected chi connectivity index (χ3v) is 5.85. The fourth-order valence-corrected chi connectivity index (χ4v) is 4.12. The zero-order chi connectivity index (χ0) is 20.6. The van der Waals surface area contributed by atoms with Gasteiger partial charge in [-0.25, -0.2) is 8.42 Å². The van der Waals surface area contributed by atoms with Crippen molar-refractivity contribution in [2.75, 3.05) is 11.0 Å². The maximum absolute atomic E-state index is 13.0. The zero-order valence-electron chi connectivity index (χ0n) is 13.3. The summed E-state index contributed by atoms with van der Waals surface area (Å²) in [7, 11) is -4.58. The number of rotatable bonds is 5. The van der Waals surface area contributed by atoms with Crippen molar-refractivity contribution in [3.63, 3.8) is 0 Å². The van der Waals surface area contributed by atoms with Gasteiger partial charge in [0.2, 0.25) is 0 Å². The van der Waals surface area contributed by atoms with E-state index in [2.05, 4.69) is 0 Å². The lowest BCUT2D eigenvalue weighted by Crippen LogP contribution is -2.17. The van der Waals surface area contributed by atoms with Crippen molar-refractivity contribution in [3.8, 4) is 0 Å². The number of sulfonamides is 1. The van der Waals surface area contributed by atoms with Gasteiger partial charge >= 0.3 is 6.18 Å². The average molecular weight is 443 g/mol. The minimum Gasteiger partial charge on any atom is -0.612 e. The van der Waals surface area contributed by atoms with E-state index in [1.54, 1.807) is 0 Å². The number of halogens is 4. The molecule has 0 spiro atoms. The van der Waals surface area contributed by atoms with Crippen LogP contribution < -0.4 is 4.72 Å². The second-order valence-corrected chi connectivity index (χ2v) is 8.60. The van der Waals surface area contributed by atoms with Crippen LogP contribution in [-0.2, 0) is 27.4 Å². The third kappa shape index (κ3) is 4.83. The van der Waals surface area contributed by atoms with Gasteiger partial charge in [0, 0.05) is 11.1 Å². The van der Waals surface area contributed by atoms with Gasteiger partial charge in [0.1, 0.15) is 17.5 Å². The number of hydrogen-bond acceptors (Lipinski definition) is 5. The van der Waals surface area contributed by atoms with Gasteiger partial charge in [0.05, 0.1) is 9.82 Å². The second-order valence-electron chi connectivity index (χ2n) is 5.13. The van der Waals surface area contributed by atoms with E-state index in [1.807, 2.05) is 4.72 Å². The van der Waals surface area contributed by atoms with Gasteiger partial charge in [-0.1, -0.05) is 11.6 Å². The highest BCUT2D eigenvalue weighted by molar-refractivity contribution is 7.93. The summed E-state index contributed by atoms with van der Waals surface area (Å²) in [5.41, 5.74) is -3.17. The summed E-state index contributed by atoms with van der Waals surface area (Å²) in [5, 5.41) is 10.9. The van der Waals surface area contributed by atoms with Crippen LogP contribution in [0.5, 0.6) is 0 Å². The Bertz CT molecular complexity index is 997. The standard InChI is InChI=1S/C14H10ClF3N2O5S2/c1-26(23)13-5-2-8(15)6-11(13)19-27(24,25)9-3-4-12(20(21)22)10(7-9)14(16,17)18/h2-7,19H,1H3. The van der Waals surface area contributed by atoms with Crippen LogP contribution in [0.15, 0.2) is 46.2 Å².